The summed E-state index contributed by atoms with van der Waals surface area (Å²) in [5.41, 5.74) is 2.47. The molecule has 0 radical (unpaired) electrons. The molecule has 0 unspecified atom stereocenters. The van der Waals surface area contributed by atoms with Crippen LogP contribution in [-0.4, -0.2) is 54.8 Å². The first-order valence-corrected chi connectivity index (χ1v) is 12.7. The summed E-state index contributed by atoms with van der Waals surface area (Å²) < 4.78 is 33.6. The maximum absolute atomic E-state index is 12.6. The zero-order valence-corrected chi connectivity index (χ0v) is 20.3. The number of benzene rings is 2. The zero-order chi connectivity index (χ0) is 24.5. The van der Waals surface area contributed by atoms with Crippen molar-refractivity contribution in [2.75, 3.05) is 25.5 Å². The van der Waals surface area contributed by atoms with E-state index in [0.29, 0.717) is 36.4 Å². The summed E-state index contributed by atoms with van der Waals surface area (Å²) in [6, 6.07) is 11.6. The Kier molecular flexibility index (Phi) is 6.72. The van der Waals surface area contributed by atoms with Crippen LogP contribution in [-0.2, 0) is 32.7 Å². The smallest absolute Gasteiger partial charge is 0.338 e. The topological polar surface area (TPSA) is 102 Å². The van der Waals surface area contributed by atoms with Crippen LogP contribution >= 0.6 is 0 Å². The summed E-state index contributed by atoms with van der Waals surface area (Å²) in [7, 11) is -0.622. The molecule has 0 aliphatic carbocycles. The Morgan fingerprint density at radius 1 is 1.15 bits per heavy atom. The molecule has 1 fully saturated rings. The van der Waals surface area contributed by atoms with E-state index in [1.807, 2.05) is 11.5 Å². The number of sulfonamides is 1. The second kappa shape index (κ2) is 9.55. The Balaban J connectivity index is 1.53. The van der Waals surface area contributed by atoms with Gasteiger partial charge in [-0.25, -0.2) is 22.5 Å². The number of esters is 1. The van der Waals surface area contributed by atoms with Gasteiger partial charge in [0.25, 0.3) is 0 Å². The summed E-state index contributed by atoms with van der Waals surface area (Å²) in [4.78, 5) is 31.0. The molecule has 0 bridgehead atoms. The van der Waals surface area contributed by atoms with Crippen LogP contribution in [0.15, 0.2) is 47.4 Å². The normalized spacial score (nSPS) is 14.4. The SMILES string of the molecule is CCCn1c(COC(=O)c2ccc(N3CCCC3=O)cc2)nc2cc(S(=O)(=O)N(C)C)ccc21. The van der Waals surface area contributed by atoms with E-state index in [2.05, 4.69) is 4.98 Å². The van der Waals surface area contributed by atoms with Gasteiger partial charge in [0.15, 0.2) is 0 Å². The van der Waals surface area contributed by atoms with Crippen molar-refractivity contribution in [2.45, 2.75) is 44.2 Å². The van der Waals surface area contributed by atoms with Crippen LogP contribution in [0.3, 0.4) is 0 Å². The molecule has 1 aliphatic heterocycles. The highest BCUT2D eigenvalue weighted by atomic mass is 32.2. The van der Waals surface area contributed by atoms with Crippen LogP contribution in [0.5, 0.6) is 0 Å². The molecule has 9 nitrogen and oxygen atoms in total. The van der Waals surface area contributed by atoms with Gasteiger partial charge in [0.05, 0.1) is 21.5 Å². The van der Waals surface area contributed by atoms with E-state index in [1.54, 1.807) is 47.4 Å². The molecule has 180 valence electrons. The van der Waals surface area contributed by atoms with Crippen molar-refractivity contribution in [3.63, 3.8) is 0 Å². The molecule has 10 heteroatoms. The van der Waals surface area contributed by atoms with Crippen LogP contribution in [0.4, 0.5) is 5.69 Å². The molecular weight excluding hydrogens is 456 g/mol. The van der Waals surface area contributed by atoms with E-state index < -0.39 is 16.0 Å². The average molecular weight is 485 g/mol. The van der Waals surface area contributed by atoms with E-state index in [0.717, 1.165) is 28.4 Å². The number of imidazole rings is 1. The number of hydrogen-bond acceptors (Lipinski definition) is 6. The first-order valence-electron chi connectivity index (χ1n) is 11.2. The molecule has 0 saturated carbocycles. The number of aryl methyl sites for hydroxylation is 1. The summed E-state index contributed by atoms with van der Waals surface area (Å²) in [6.07, 6.45) is 2.22. The lowest BCUT2D eigenvalue weighted by Crippen LogP contribution is -2.23. The summed E-state index contributed by atoms with van der Waals surface area (Å²) >= 11 is 0. The highest BCUT2D eigenvalue weighted by Crippen LogP contribution is 2.24. The van der Waals surface area contributed by atoms with Crippen molar-refractivity contribution in [1.82, 2.24) is 13.9 Å². The Labute approximate surface area is 199 Å². The fourth-order valence-corrected chi connectivity index (χ4v) is 4.95. The lowest BCUT2D eigenvalue weighted by atomic mass is 10.2. The minimum atomic E-state index is -3.59. The average Bonchev–Trinajstić information content (AvgIpc) is 3.40. The van der Waals surface area contributed by atoms with E-state index in [1.165, 1.54) is 14.1 Å². The monoisotopic (exact) mass is 484 g/mol. The molecule has 4 rings (SSSR count). The van der Waals surface area contributed by atoms with E-state index in [4.69, 9.17) is 4.74 Å². The second-order valence-electron chi connectivity index (χ2n) is 8.39. The molecule has 34 heavy (non-hydrogen) atoms. The van der Waals surface area contributed by atoms with E-state index in [9.17, 15) is 18.0 Å². The highest BCUT2D eigenvalue weighted by Gasteiger charge is 2.22. The Morgan fingerprint density at radius 2 is 1.88 bits per heavy atom. The number of amides is 1. The van der Waals surface area contributed by atoms with Gasteiger partial charge in [-0.1, -0.05) is 6.92 Å². The molecule has 3 aromatic rings. The van der Waals surface area contributed by atoms with Crippen LogP contribution in [0.2, 0.25) is 0 Å². The van der Waals surface area contributed by atoms with E-state index in [-0.39, 0.29) is 17.4 Å². The fourth-order valence-electron chi connectivity index (χ4n) is 4.03. The Bertz CT molecular complexity index is 1330. The van der Waals surface area contributed by atoms with Gasteiger partial charge < -0.3 is 14.2 Å². The van der Waals surface area contributed by atoms with Crippen molar-refractivity contribution < 1.29 is 22.7 Å². The lowest BCUT2D eigenvalue weighted by Gasteiger charge is -2.15. The van der Waals surface area contributed by atoms with Crippen molar-refractivity contribution >= 4 is 38.6 Å². The van der Waals surface area contributed by atoms with Crippen molar-refractivity contribution in [1.29, 1.82) is 0 Å². The number of ether oxygens (including phenoxy) is 1. The molecule has 2 heterocycles. The molecule has 1 saturated heterocycles. The third-order valence-corrected chi connectivity index (χ3v) is 7.66. The minimum Gasteiger partial charge on any atom is -0.454 e. The second-order valence-corrected chi connectivity index (χ2v) is 10.5. The van der Waals surface area contributed by atoms with Crippen LogP contribution < -0.4 is 4.90 Å². The molecule has 2 aromatic carbocycles. The molecule has 0 spiro atoms. The van der Waals surface area contributed by atoms with Crippen molar-refractivity contribution in [2.24, 2.45) is 0 Å². The van der Waals surface area contributed by atoms with Gasteiger partial charge in [-0.2, -0.15) is 0 Å². The maximum atomic E-state index is 12.6. The highest BCUT2D eigenvalue weighted by molar-refractivity contribution is 7.89. The van der Waals surface area contributed by atoms with Gasteiger partial charge in [0.1, 0.15) is 12.4 Å². The van der Waals surface area contributed by atoms with Crippen LogP contribution in [0.1, 0.15) is 42.4 Å². The maximum Gasteiger partial charge on any atom is 0.338 e. The van der Waals surface area contributed by atoms with E-state index >= 15 is 0 Å². The lowest BCUT2D eigenvalue weighted by molar-refractivity contribution is -0.117. The first kappa shape index (κ1) is 23.9. The van der Waals surface area contributed by atoms with Gasteiger partial charge in [-0.05, 0) is 55.3 Å². The van der Waals surface area contributed by atoms with Gasteiger partial charge in [-0.15, -0.1) is 0 Å². The van der Waals surface area contributed by atoms with Crippen LogP contribution in [0, 0.1) is 0 Å². The molecular formula is C24H28N4O5S. The number of carbonyl (C=O) groups excluding carboxylic acids is 2. The third kappa shape index (κ3) is 4.55. The number of nitrogens with zero attached hydrogens (tertiary/aromatic N) is 4. The molecule has 1 aromatic heterocycles. The summed E-state index contributed by atoms with van der Waals surface area (Å²) in [5.74, 6) is 0.140. The largest absolute Gasteiger partial charge is 0.454 e. The molecule has 1 amide bonds. The summed E-state index contributed by atoms with van der Waals surface area (Å²) in [6.45, 7) is 3.32. The zero-order valence-electron chi connectivity index (χ0n) is 19.5. The number of fused-ring (bicyclic) bond motifs is 1. The van der Waals surface area contributed by atoms with Crippen molar-refractivity contribution in [3.8, 4) is 0 Å². The number of hydrogen-bond donors (Lipinski definition) is 0. The number of aromatic nitrogens is 2. The number of carbonyl (C=O) groups is 2. The minimum absolute atomic E-state index is 0.0460. The number of rotatable bonds is 8. The standard InChI is InChI=1S/C24H28N4O5S/c1-4-13-28-21-12-11-19(34(31,32)26(2)3)15-20(21)25-22(28)16-33-24(30)17-7-9-18(10-8-17)27-14-5-6-23(27)29/h7-12,15H,4-6,13-14,16H2,1-3H3. The summed E-state index contributed by atoms with van der Waals surface area (Å²) in [5, 5.41) is 0. The predicted molar refractivity (Wildman–Crippen MR) is 128 cm³/mol. The molecule has 1 aliphatic rings. The predicted octanol–water partition coefficient (Wildman–Crippen LogP) is 3.18. The van der Waals surface area contributed by atoms with Crippen molar-refractivity contribution in [3.05, 3.63) is 53.9 Å². The van der Waals surface area contributed by atoms with Gasteiger partial charge >= 0.3 is 5.97 Å². The molecule has 0 atom stereocenters. The number of anilines is 1. The van der Waals surface area contributed by atoms with Crippen LogP contribution in [0.25, 0.3) is 11.0 Å². The Hall–Kier alpha value is -3.24. The Morgan fingerprint density at radius 3 is 2.50 bits per heavy atom. The van der Waals surface area contributed by atoms with Gasteiger partial charge in [0.2, 0.25) is 15.9 Å². The first-order chi connectivity index (χ1) is 16.2. The molecule has 0 N–H and O–H groups in total. The van der Waals surface area contributed by atoms with Gasteiger partial charge in [0, 0.05) is 39.3 Å². The third-order valence-electron chi connectivity index (χ3n) is 5.85. The quantitative estimate of drug-likeness (QED) is 0.455. The fraction of sp³-hybridized carbons (Fsp3) is 0.375. The van der Waals surface area contributed by atoms with Gasteiger partial charge in [-0.3, -0.25) is 4.79 Å².